The molecule has 0 spiro atoms. The first kappa shape index (κ1) is 29.8. The lowest BCUT2D eigenvalue weighted by Crippen LogP contribution is -2.29. The van der Waals surface area contributed by atoms with E-state index >= 15 is 0 Å². The Kier molecular flexibility index (Phi) is 10.1. The number of fused-ring (bicyclic) bond motifs is 3. The van der Waals surface area contributed by atoms with Crippen LogP contribution in [0.1, 0.15) is 103 Å². The zero-order valence-corrected chi connectivity index (χ0v) is 23.9. The van der Waals surface area contributed by atoms with Crippen molar-refractivity contribution in [1.82, 2.24) is 0 Å². The number of unbranched alkanes of at least 4 members (excludes halogenated alkanes) is 6. The minimum Gasteiger partial charge on any atom is -0.434 e. The molecule has 0 fully saturated rings. The van der Waals surface area contributed by atoms with Gasteiger partial charge in [0.1, 0.15) is 0 Å². The van der Waals surface area contributed by atoms with Crippen LogP contribution in [0.3, 0.4) is 0 Å². The Balaban J connectivity index is 1.76. The third-order valence-corrected chi connectivity index (χ3v) is 7.05. The number of hydrogen-bond donors (Lipinski definition) is 0. The van der Waals surface area contributed by atoms with Gasteiger partial charge in [-0.15, -0.1) is 0 Å². The summed E-state index contributed by atoms with van der Waals surface area (Å²) >= 11 is 0. The van der Waals surface area contributed by atoms with Gasteiger partial charge in [0, 0.05) is 22.3 Å². The molecule has 0 heterocycles. The number of Topliss-reactive ketones (excluding diaryl/α,β-unsaturated/α-hetero) is 2. The molecule has 0 unspecified atom stereocenters. The molecule has 2 aromatic rings. The van der Waals surface area contributed by atoms with E-state index in [4.69, 9.17) is 18.9 Å². The summed E-state index contributed by atoms with van der Waals surface area (Å²) in [5.74, 6) is -1.27. The largest absolute Gasteiger partial charge is 0.513 e. The topological polar surface area (TPSA) is 105 Å². The van der Waals surface area contributed by atoms with Gasteiger partial charge in [0.15, 0.2) is 23.1 Å². The van der Waals surface area contributed by atoms with E-state index in [-0.39, 0.29) is 52.6 Å². The van der Waals surface area contributed by atoms with Crippen LogP contribution in [0.2, 0.25) is 0 Å². The van der Waals surface area contributed by atoms with Crippen LogP contribution in [0.25, 0.3) is 11.5 Å². The fraction of sp³-hybridized carbons (Fsp3) is 0.394. The van der Waals surface area contributed by atoms with Crippen LogP contribution in [0, 0.1) is 6.92 Å². The van der Waals surface area contributed by atoms with E-state index in [2.05, 4.69) is 13.8 Å². The van der Waals surface area contributed by atoms with E-state index in [1.165, 1.54) is 0 Å². The van der Waals surface area contributed by atoms with E-state index in [0.717, 1.165) is 44.1 Å². The third kappa shape index (κ3) is 6.76. The molecule has 216 valence electrons. The normalized spacial score (nSPS) is 13.8. The first-order valence-corrected chi connectivity index (χ1v) is 14.3. The molecule has 0 bridgehead atoms. The van der Waals surface area contributed by atoms with Gasteiger partial charge in [0.05, 0.1) is 24.4 Å². The first-order chi connectivity index (χ1) is 19.9. The van der Waals surface area contributed by atoms with Crippen LogP contribution in [0.15, 0.2) is 53.6 Å². The average Bonchev–Trinajstić information content (AvgIpc) is 2.96. The number of rotatable bonds is 12. The second-order valence-electron chi connectivity index (χ2n) is 10.2. The van der Waals surface area contributed by atoms with Gasteiger partial charge in [0.25, 0.3) is 0 Å². The van der Waals surface area contributed by atoms with E-state index in [9.17, 15) is 19.2 Å². The monoisotopic (exact) mass is 560 g/mol. The molecule has 0 saturated heterocycles. The lowest BCUT2D eigenvalue weighted by Gasteiger charge is -2.29. The Labute approximate surface area is 240 Å². The second kappa shape index (κ2) is 13.9. The highest BCUT2D eigenvalue weighted by molar-refractivity contribution is 6.34. The highest BCUT2D eigenvalue weighted by Crippen LogP contribution is 2.45. The maximum Gasteiger partial charge on any atom is 0.513 e. The van der Waals surface area contributed by atoms with Gasteiger partial charge >= 0.3 is 12.3 Å². The minimum atomic E-state index is -0.982. The molecule has 8 heteroatoms. The van der Waals surface area contributed by atoms with Gasteiger partial charge in [-0.1, -0.05) is 94.3 Å². The molecule has 0 N–H and O–H groups in total. The molecule has 8 nitrogen and oxygen atoms in total. The number of benzene rings is 2. The van der Waals surface area contributed by atoms with E-state index < -0.39 is 23.9 Å². The summed E-state index contributed by atoms with van der Waals surface area (Å²) < 4.78 is 21.9. The molecule has 0 atom stereocenters. The third-order valence-electron chi connectivity index (χ3n) is 7.05. The molecule has 0 amide bonds. The predicted octanol–water partition coefficient (Wildman–Crippen LogP) is 7.98. The molecule has 41 heavy (non-hydrogen) atoms. The van der Waals surface area contributed by atoms with Crippen molar-refractivity contribution in [1.29, 1.82) is 0 Å². The molecular weight excluding hydrogens is 524 g/mol. The van der Waals surface area contributed by atoms with E-state index in [1.54, 1.807) is 42.5 Å². The van der Waals surface area contributed by atoms with Crippen molar-refractivity contribution in [2.24, 2.45) is 0 Å². The number of allylic oxidation sites excluding steroid dienone is 2. The van der Waals surface area contributed by atoms with Crippen LogP contribution < -0.4 is 0 Å². The zero-order valence-electron chi connectivity index (χ0n) is 23.9. The fourth-order valence-corrected chi connectivity index (χ4v) is 4.93. The standard InChI is InChI=1S/C33H36O8/c1-4-6-8-12-18-38-32(36)40-30-24-15-11-10-14-22(24)28(34)27-26(30)29(35)23-17-16-21(3)20-25(23)31(27)41-33(37)39-19-13-9-7-5-2/h10-11,14-17,20H,4-9,12-13,18-19H2,1-3H3. The Morgan fingerprint density at radius 2 is 1.10 bits per heavy atom. The predicted molar refractivity (Wildman–Crippen MR) is 153 cm³/mol. The van der Waals surface area contributed by atoms with Gasteiger partial charge in [0.2, 0.25) is 0 Å². The lowest BCUT2D eigenvalue weighted by atomic mass is 9.76. The van der Waals surface area contributed by atoms with Gasteiger partial charge < -0.3 is 18.9 Å². The molecule has 0 aromatic heterocycles. The maximum atomic E-state index is 13.9. The van der Waals surface area contributed by atoms with Crippen LogP contribution in [-0.2, 0) is 18.9 Å². The van der Waals surface area contributed by atoms with E-state index in [1.807, 2.05) is 6.92 Å². The van der Waals surface area contributed by atoms with Crippen molar-refractivity contribution in [2.75, 3.05) is 13.2 Å². The summed E-state index contributed by atoms with van der Waals surface area (Å²) in [6, 6.07) is 11.5. The zero-order chi connectivity index (χ0) is 29.4. The van der Waals surface area contributed by atoms with Crippen molar-refractivity contribution in [3.63, 3.8) is 0 Å². The molecule has 2 aliphatic carbocycles. The number of carbonyl (C=O) groups excluding carboxylic acids is 4. The van der Waals surface area contributed by atoms with Crippen LogP contribution >= 0.6 is 0 Å². The summed E-state index contributed by atoms with van der Waals surface area (Å²) in [6.45, 7) is 6.33. The Hall–Kier alpha value is -4.20. The first-order valence-electron chi connectivity index (χ1n) is 14.3. The molecule has 2 aromatic carbocycles. The van der Waals surface area contributed by atoms with Crippen LogP contribution in [0.5, 0.6) is 0 Å². The SMILES string of the molecule is CCCCCCOC(=O)OC1=C2C(=O)c3ccc(C)cc3C(OC(=O)OCCCCCC)=C2C(=O)c2ccccc21. The summed E-state index contributed by atoms with van der Waals surface area (Å²) in [4.78, 5) is 53.3. The van der Waals surface area contributed by atoms with Gasteiger partial charge in [-0.25, -0.2) is 9.59 Å². The number of carbonyl (C=O) groups is 4. The molecular formula is C33H36O8. The number of hydrogen-bond acceptors (Lipinski definition) is 8. The van der Waals surface area contributed by atoms with Gasteiger partial charge in [-0.05, 0) is 25.8 Å². The summed E-state index contributed by atoms with van der Waals surface area (Å²) in [6.07, 6.45) is 5.34. The smallest absolute Gasteiger partial charge is 0.434 e. The van der Waals surface area contributed by atoms with E-state index in [0.29, 0.717) is 18.4 Å². The highest BCUT2D eigenvalue weighted by atomic mass is 16.7. The molecule has 0 saturated carbocycles. The lowest BCUT2D eigenvalue weighted by molar-refractivity contribution is 0.0841. The molecule has 2 aliphatic rings. The number of aryl methyl sites for hydroxylation is 1. The minimum absolute atomic E-state index is 0.106. The number of ketones is 2. The Morgan fingerprint density at radius 3 is 1.63 bits per heavy atom. The quantitative estimate of drug-likeness (QED) is 0.190. The van der Waals surface area contributed by atoms with Crippen molar-refractivity contribution >= 4 is 35.4 Å². The Morgan fingerprint density at radius 1 is 0.610 bits per heavy atom. The van der Waals surface area contributed by atoms with Crippen LogP contribution in [0.4, 0.5) is 9.59 Å². The van der Waals surface area contributed by atoms with Crippen LogP contribution in [-0.4, -0.2) is 37.1 Å². The van der Waals surface area contributed by atoms with Crippen molar-refractivity contribution < 1.29 is 38.1 Å². The second-order valence-corrected chi connectivity index (χ2v) is 10.2. The van der Waals surface area contributed by atoms with Crippen molar-refractivity contribution in [2.45, 2.75) is 72.1 Å². The van der Waals surface area contributed by atoms with Gasteiger partial charge in [-0.3, -0.25) is 9.59 Å². The van der Waals surface area contributed by atoms with Crippen molar-refractivity contribution in [3.05, 3.63) is 81.4 Å². The molecule has 4 rings (SSSR count). The molecule has 0 radical (unpaired) electrons. The van der Waals surface area contributed by atoms with Gasteiger partial charge in [-0.2, -0.15) is 0 Å². The maximum absolute atomic E-state index is 13.9. The summed E-state index contributed by atoms with van der Waals surface area (Å²) in [7, 11) is 0. The highest BCUT2D eigenvalue weighted by Gasteiger charge is 2.43. The molecule has 0 aliphatic heterocycles. The number of ether oxygens (including phenoxy) is 4. The average molecular weight is 561 g/mol. The summed E-state index contributed by atoms with van der Waals surface area (Å²) in [5, 5.41) is 0. The van der Waals surface area contributed by atoms with Crippen molar-refractivity contribution in [3.8, 4) is 0 Å². The summed E-state index contributed by atoms with van der Waals surface area (Å²) in [5.41, 5.74) is 1.48. The Bertz CT molecular complexity index is 1400. The fourth-order valence-electron chi connectivity index (χ4n) is 4.93.